The highest BCUT2D eigenvalue weighted by Gasteiger charge is 2.16. The van der Waals surface area contributed by atoms with E-state index in [1.54, 1.807) is 6.20 Å². The number of aryl methyl sites for hydroxylation is 1. The second kappa shape index (κ2) is 8.07. The second-order valence-electron chi connectivity index (χ2n) is 6.03. The Morgan fingerprint density at radius 1 is 1.28 bits per heavy atom. The zero-order valence-corrected chi connectivity index (χ0v) is 15.3. The van der Waals surface area contributed by atoms with Gasteiger partial charge in [0.1, 0.15) is 5.82 Å². The summed E-state index contributed by atoms with van der Waals surface area (Å²) in [5.74, 6) is 0.830. The predicted octanol–water partition coefficient (Wildman–Crippen LogP) is 3.77. The van der Waals surface area contributed by atoms with Crippen LogP contribution in [-0.2, 0) is 24.2 Å². The van der Waals surface area contributed by atoms with Gasteiger partial charge in [-0.25, -0.2) is 9.97 Å². The molecule has 2 heterocycles. The van der Waals surface area contributed by atoms with Crippen molar-refractivity contribution in [1.29, 1.82) is 0 Å². The van der Waals surface area contributed by atoms with Crippen LogP contribution in [0.1, 0.15) is 30.1 Å². The summed E-state index contributed by atoms with van der Waals surface area (Å²) >= 11 is 1.53. The van der Waals surface area contributed by atoms with E-state index in [2.05, 4.69) is 34.3 Å². The summed E-state index contributed by atoms with van der Waals surface area (Å²) in [6.07, 6.45) is 7.22. The zero-order chi connectivity index (χ0) is 17.6. The highest BCUT2D eigenvalue weighted by atomic mass is 32.1. The average molecular weight is 354 g/mol. The third kappa shape index (κ3) is 4.54. The van der Waals surface area contributed by atoms with E-state index in [-0.39, 0.29) is 11.8 Å². The van der Waals surface area contributed by atoms with Crippen LogP contribution in [0.4, 0.5) is 5.13 Å². The number of hydrogen-bond acceptors (Lipinski definition) is 4. The molecule has 0 saturated heterocycles. The lowest BCUT2D eigenvalue weighted by Crippen LogP contribution is -2.24. The van der Waals surface area contributed by atoms with Gasteiger partial charge >= 0.3 is 0 Å². The van der Waals surface area contributed by atoms with Crippen LogP contribution >= 0.6 is 11.3 Å². The Kier molecular flexibility index (Phi) is 5.60. The second-order valence-corrected chi connectivity index (χ2v) is 7.15. The van der Waals surface area contributed by atoms with Gasteiger partial charge in [0, 0.05) is 42.9 Å². The van der Waals surface area contributed by atoms with Crippen molar-refractivity contribution in [3.8, 4) is 0 Å². The van der Waals surface area contributed by atoms with Crippen molar-refractivity contribution in [2.75, 3.05) is 5.32 Å². The lowest BCUT2D eigenvalue weighted by atomic mass is 10.1. The number of hydrogen-bond donors (Lipinski definition) is 1. The third-order valence-electron chi connectivity index (χ3n) is 4.04. The van der Waals surface area contributed by atoms with E-state index in [1.807, 2.05) is 42.1 Å². The Balaban J connectivity index is 1.57. The summed E-state index contributed by atoms with van der Waals surface area (Å²) in [6.45, 7) is 4.61. The van der Waals surface area contributed by atoms with E-state index in [0.717, 1.165) is 23.5 Å². The lowest BCUT2D eigenvalue weighted by Gasteiger charge is -2.13. The fourth-order valence-corrected chi connectivity index (χ4v) is 3.52. The molecule has 0 aliphatic rings. The molecule has 1 aromatic carbocycles. The smallest absolute Gasteiger partial charge is 0.230 e. The van der Waals surface area contributed by atoms with Crippen molar-refractivity contribution >= 4 is 22.4 Å². The van der Waals surface area contributed by atoms with E-state index in [9.17, 15) is 4.79 Å². The Hall–Kier alpha value is -2.47. The number of thiazole rings is 1. The molecule has 0 fully saturated rings. The van der Waals surface area contributed by atoms with Gasteiger partial charge in [0.05, 0.1) is 5.92 Å². The normalized spacial score (nSPS) is 12.1. The van der Waals surface area contributed by atoms with Crippen molar-refractivity contribution in [2.45, 2.75) is 33.2 Å². The molecular formula is C19H22N4OS. The summed E-state index contributed by atoms with van der Waals surface area (Å²) in [5, 5.41) is 3.59. The van der Waals surface area contributed by atoms with Crippen molar-refractivity contribution in [1.82, 2.24) is 14.5 Å². The molecule has 0 aliphatic carbocycles. The highest BCUT2D eigenvalue weighted by Crippen LogP contribution is 2.22. The topological polar surface area (TPSA) is 59.8 Å². The fraction of sp³-hybridized carbons (Fsp3) is 0.316. The Bertz CT molecular complexity index is 825. The van der Waals surface area contributed by atoms with Gasteiger partial charge in [0.15, 0.2) is 5.13 Å². The zero-order valence-electron chi connectivity index (χ0n) is 14.5. The largest absolute Gasteiger partial charge is 0.334 e. The Labute approximate surface area is 151 Å². The predicted molar refractivity (Wildman–Crippen MR) is 101 cm³/mol. The van der Waals surface area contributed by atoms with Gasteiger partial charge in [-0.15, -0.1) is 11.3 Å². The van der Waals surface area contributed by atoms with E-state index in [4.69, 9.17) is 0 Å². The molecule has 0 spiro atoms. The Morgan fingerprint density at radius 2 is 2.08 bits per heavy atom. The number of aromatic nitrogens is 3. The molecule has 1 amide bonds. The van der Waals surface area contributed by atoms with Gasteiger partial charge in [-0.1, -0.05) is 44.2 Å². The first-order valence-corrected chi connectivity index (χ1v) is 9.27. The maximum atomic E-state index is 12.4. The molecule has 1 atom stereocenters. The fourth-order valence-electron chi connectivity index (χ4n) is 2.67. The molecule has 1 unspecified atom stereocenters. The first-order valence-electron chi connectivity index (χ1n) is 8.45. The van der Waals surface area contributed by atoms with Crippen molar-refractivity contribution < 1.29 is 4.79 Å². The number of nitrogens with zero attached hydrogens (tertiary/aromatic N) is 3. The molecule has 1 N–H and O–H groups in total. The summed E-state index contributed by atoms with van der Waals surface area (Å²) in [7, 11) is 0. The third-order valence-corrected chi connectivity index (χ3v) is 4.95. The van der Waals surface area contributed by atoms with Gasteiger partial charge < -0.3 is 9.88 Å². The van der Waals surface area contributed by atoms with E-state index >= 15 is 0 Å². The van der Waals surface area contributed by atoms with Crippen molar-refractivity contribution in [2.24, 2.45) is 5.92 Å². The van der Waals surface area contributed by atoms with Gasteiger partial charge in [-0.05, 0) is 5.56 Å². The minimum Gasteiger partial charge on any atom is -0.334 e. The maximum Gasteiger partial charge on any atom is 0.230 e. The average Bonchev–Trinajstić information content (AvgIpc) is 3.25. The number of benzene rings is 1. The van der Waals surface area contributed by atoms with Crippen LogP contribution in [0.2, 0.25) is 0 Å². The van der Waals surface area contributed by atoms with Gasteiger partial charge in [0.25, 0.3) is 0 Å². The van der Waals surface area contributed by atoms with Crippen LogP contribution in [0.25, 0.3) is 0 Å². The molecule has 0 radical (unpaired) electrons. The Morgan fingerprint density at radius 3 is 2.84 bits per heavy atom. The summed E-state index contributed by atoms with van der Waals surface area (Å²) in [5.41, 5.74) is 1.24. The molecular weight excluding hydrogens is 332 g/mol. The molecule has 0 aliphatic heterocycles. The number of carbonyl (C=O) groups is 1. The number of carbonyl (C=O) groups excluding carboxylic acids is 1. The standard InChI is InChI=1S/C19H22N4OS/c1-3-17-20-9-10-23(17)13-14(2)18(24)22-19-21-12-16(25-19)11-15-7-5-4-6-8-15/h4-10,12,14H,3,11,13H2,1-2H3,(H,21,22,24). The van der Waals surface area contributed by atoms with Crippen LogP contribution in [0.3, 0.4) is 0 Å². The van der Waals surface area contributed by atoms with Crippen LogP contribution in [0, 0.1) is 5.92 Å². The summed E-state index contributed by atoms with van der Waals surface area (Å²) in [6, 6.07) is 10.3. The van der Waals surface area contributed by atoms with Crippen LogP contribution in [0.5, 0.6) is 0 Å². The minimum atomic E-state index is -0.152. The SMILES string of the molecule is CCc1nccn1CC(C)C(=O)Nc1ncc(Cc2ccccc2)s1. The number of rotatable bonds is 7. The molecule has 6 heteroatoms. The number of nitrogens with one attached hydrogen (secondary N) is 1. The minimum absolute atomic E-state index is 0.0173. The molecule has 3 rings (SSSR count). The van der Waals surface area contributed by atoms with Crippen LogP contribution in [-0.4, -0.2) is 20.4 Å². The van der Waals surface area contributed by atoms with Gasteiger partial charge in [0.2, 0.25) is 5.91 Å². The summed E-state index contributed by atoms with van der Waals surface area (Å²) in [4.78, 5) is 22.2. The molecule has 5 nitrogen and oxygen atoms in total. The maximum absolute atomic E-state index is 12.4. The number of imidazole rings is 1. The van der Waals surface area contributed by atoms with Crippen LogP contribution in [0.15, 0.2) is 48.9 Å². The molecule has 130 valence electrons. The molecule has 2 aromatic heterocycles. The first-order chi connectivity index (χ1) is 12.2. The quantitative estimate of drug-likeness (QED) is 0.703. The molecule has 0 saturated carbocycles. The van der Waals surface area contributed by atoms with Crippen molar-refractivity contribution in [3.05, 3.63) is 65.2 Å². The molecule has 3 aromatic rings. The first kappa shape index (κ1) is 17.4. The van der Waals surface area contributed by atoms with E-state index < -0.39 is 0 Å². The monoisotopic (exact) mass is 354 g/mol. The molecule has 25 heavy (non-hydrogen) atoms. The van der Waals surface area contributed by atoms with Gasteiger partial charge in [-0.3, -0.25) is 4.79 Å². The van der Waals surface area contributed by atoms with E-state index in [1.165, 1.54) is 16.9 Å². The van der Waals surface area contributed by atoms with Gasteiger partial charge in [-0.2, -0.15) is 0 Å². The number of anilines is 1. The highest BCUT2D eigenvalue weighted by molar-refractivity contribution is 7.15. The molecule has 0 bridgehead atoms. The summed E-state index contributed by atoms with van der Waals surface area (Å²) < 4.78 is 2.03. The number of amides is 1. The lowest BCUT2D eigenvalue weighted by molar-refractivity contribution is -0.119. The van der Waals surface area contributed by atoms with Crippen molar-refractivity contribution in [3.63, 3.8) is 0 Å². The van der Waals surface area contributed by atoms with Crippen LogP contribution < -0.4 is 5.32 Å². The van der Waals surface area contributed by atoms with E-state index in [0.29, 0.717) is 11.7 Å².